The second-order valence-electron chi connectivity index (χ2n) is 4.85. The van der Waals surface area contributed by atoms with Crippen LogP contribution in [0.25, 0.3) is 11.3 Å². The number of hydrogen-bond donors (Lipinski definition) is 1. The normalized spacial score (nSPS) is 10.8. The van der Waals surface area contributed by atoms with Gasteiger partial charge in [0, 0.05) is 17.1 Å². The SMILES string of the molecule is NCc1cc(-c2ccccc2Cl)n(Cc2ccccc2)n1. The summed E-state index contributed by atoms with van der Waals surface area (Å²) in [4.78, 5) is 0. The molecule has 1 heterocycles. The van der Waals surface area contributed by atoms with Crippen molar-refractivity contribution in [3.8, 4) is 11.3 Å². The molecule has 106 valence electrons. The fourth-order valence-electron chi connectivity index (χ4n) is 2.33. The molecule has 4 heteroatoms. The lowest BCUT2D eigenvalue weighted by atomic mass is 10.1. The number of rotatable bonds is 4. The van der Waals surface area contributed by atoms with E-state index in [0.29, 0.717) is 13.1 Å². The summed E-state index contributed by atoms with van der Waals surface area (Å²) in [5.74, 6) is 0. The third kappa shape index (κ3) is 2.99. The van der Waals surface area contributed by atoms with Crippen molar-refractivity contribution in [3.05, 3.63) is 76.9 Å². The minimum Gasteiger partial charge on any atom is -0.325 e. The molecule has 0 saturated carbocycles. The molecule has 0 aliphatic carbocycles. The lowest BCUT2D eigenvalue weighted by molar-refractivity contribution is 0.678. The first-order chi connectivity index (χ1) is 10.3. The fraction of sp³-hybridized carbons (Fsp3) is 0.118. The Kier molecular flexibility index (Phi) is 4.04. The molecule has 2 aromatic carbocycles. The van der Waals surface area contributed by atoms with Crippen LogP contribution in [0, 0.1) is 0 Å². The van der Waals surface area contributed by atoms with Gasteiger partial charge in [-0.3, -0.25) is 4.68 Å². The molecule has 1 aromatic heterocycles. The second-order valence-corrected chi connectivity index (χ2v) is 5.26. The minimum absolute atomic E-state index is 0.416. The van der Waals surface area contributed by atoms with E-state index in [1.54, 1.807) is 0 Å². The molecule has 0 bridgehead atoms. The maximum absolute atomic E-state index is 6.31. The molecule has 0 fully saturated rings. The summed E-state index contributed by atoms with van der Waals surface area (Å²) in [7, 11) is 0. The van der Waals surface area contributed by atoms with Crippen molar-refractivity contribution in [2.24, 2.45) is 5.73 Å². The Morgan fingerprint density at radius 1 is 1.00 bits per heavy atom. The second kappa shape index (κ2) is 6.12. The first-order valence-electron chi connectivity index (χ1n) is 6.83. The van der Waals surface area contributed by atoms with Crippen molar-refractivity contribution >= 4 is 11.6 Å². The zero-order valence-corrected chi connectivity index (χ0v) is 12.3. The third-order valence-electron chi connectivity index (χ3n) is 3.36. The predicted molar refractivity (Wildman–Crippen MR) is 86.1 cm³/mol. The Bertz CT molecular complexity index is 735. The van der Waals surface area contributed by atoms with Crippen molar-refractivity contribution in [2.75, 3.05) is 0 Å². The van der Waals surface area contributed by atoms with Crippen LogP contribution in [0.4, 0.5) is 0 Å². The van der Waals surface area contributed by atoms with Gasteiger partial charge < -0.3 is 5.73 Å². The molecule has 0 unspecified atom stereocenters. The van der Waals surface area contributed by atoms with E-state index >= 15 is 0 Å². The number of benzene rings is 2. The third-order valence-corrected chi connectivity index (χ3v) is 3.69. The van der Waals surface area contributed by atoms with Crippen LogP contribution in [0.2, 0.25) is 5.02 Å². The van der Waals surface area contributed by atoms with Gasteiger partial charge in [0.05, 0.1) is 17.9 Å². The molecule has 3 aromatic rings. The Balaban J connectivity index is 2.04. The van der Waals surface area contributed by atoms with Crippen LogP contribution >= 0.6 is 11.6 Å². The summed E-state index contributed by atoms with van der Waals surface area (Å²) in [6.07, 6.45) is 0. The van der Waals surface area contributed by atoms with Gasteiger partial charge in [0.2, 0.25) is 0 Å². The van der Waals surface area contributed by atoms with Crippen molar-refractivity contribution in [1.82, 2.24) is 9.78 Å². The van der Waals surface area contributed by atoms with Gasteiger partial charge in [-0.05, 0) is 17.7 Å². The molecule has 3 rings (SSSR count). The van der Waals surface area contributed by atoms with Crippen LogP contribution in [0.1, 0.15) is 11.3 Å². The molecule has 0 aliphatic rings. The van der Waals surface area contributed by atoms with Crippen LogP contribution < -0.4 is 5.73 Å². The van der Waals surface area contributed by atoms with Crippen molar-refractivity contribution in [2.45, 2.75) is 13.1 Å². The van der Waals surface area contributed by atoms with E-state index in [2.05, 4.69) is 17.2 Å². The Labute approximate surface area is 129 Å². The number of nitrogens with two attached hydrogens (primary N) is 1. The van der Waals surface area contributed by atoms with Crippen LogP contribution in [0.15, 0.2) is 60.7 Å². The Morgan fingerprint density at radius 3 is 2.43 bits per heavy atom. The lowest BCUT2D eigenvalue weighted by Gasteiger charge is -2.09. The van der Waals surface area contributed by atoms with Gasteiger partial charge >= 0.3 is 0 Å². The molecule has 2 N–H and O–H groups in total. The van der Waals surface area contributed by atoms with E-state index in [9.17, 15) is 0 Å². The minimum atomic E-state index is 0.416. The first kappa shape index (κ1) is 13.9. The maximum Gasteiger partial charge on any atom is 0.0767 e. The molecule has 0 spiro atoms. The summed E-state index contributed by atoms with van der Waals surface area (Å²) >= 11 is 6.31. The van der Waals surface area contributed by atoms with Gasteiger partial charge in [0.15, 0.2) is 0 Å². The van der Waals surface area contributed by atoms with Gasteiger partial charge in [0.1, 0.15) is 0 Å². The van der Waals surface area contributed by atoms with Crippen molar-refractivity contribution < 1.29 is 0 Å². The largest absolute Gasteiger partial charge is 0.325 e. The molecule has 0 aliphatic heterocycles. The van der Waals surface area contributed by atoms with E-state index in [0.717, 1.165) is 22.0 Å². The monoisotopic (exact) mass is 297 g/mol. The predicted octanol–water partition coefficient (Wildman–Crippen LogP) is 3.71. The summed E-state index contributed by atoms with van der Waals surface area (Å²) in [6, 6.07) is 20.0. The highest BCUT2D eigenvalue weighted by Crippen LogP contribution is 2.28. The summed E-state index contributed by atoms with van der Waals surface area (Å²) < 4.78 is 1.96. The zero-order chi connectivity index (χ0) is 14.7. The van der Waals surface area contributed by atoms with Crippen LogP contribution in [-0.4, -0.2) is 9.78 Å². The van der Waals surface area contributed by atoms with Crippen molar-refractivity contribution in [1.29, 1.82) is 0 Å². The standard InChI is InChI=1S/C17H16ClN3/c18-16-9-5-4-8-15(16)17-10-14(11-19)20-21(17)12-13-6-2-1-3-7-13/h1-10H,11-12,19H2. The molecule has 0 atom stereocenters. The quantitative estimate of drug-likeness (QED) is 0.798. The molecule has 0 amide bonds. The zero-order valence-electron chi connectivity index (χ0n) is 11.5. The summed E-state index contributed by atoms with van der Waals surface area (Å²) in [6.45, 7) is 1.11. The van der Waals surface area contributed by atoms with Crippen LogP contribution in [0.3, 0.4) is 0 Å². The summed E-state index contributed by atoms with van der Waals surface area (Å²) in [5.41, 5.74) is 9.75. The van der Waals surface area contributed by atoms with Gasteiger partial charge in [-0.15, -0.1) is 0 Å². The number of hydrogen-bond acceptors (Lipinski definition) is 2. The molecular weight excluding hydrogens is 282 g/mol. The molecule has 3 nitrogen and oxygen atoms in total. The summed E-state index contributed by atoms with van der Waals surface area (Å²) in [5, 5.41) is 5.29. The van der Waals surface area contributed by atoms with E-state index in [-0.39, 0.29) is 0 Å². The number of halogens is 1. The topological polar surface area (TPSA) is 43.8 Å². The maximum atomic E-state index is 6.31. The lowest BCUT2D eigenvalue weighted by Crippen LogP contribution is -2.05. The molecule has 0 radical (unpaired) electrons. The smallest absolute Gasteiger partial charge is 0.0767 e. The Hall–Kier alpha value is -2.10. The molecule has 0 saturated heterocycles. The average Bonchev–Trinajstić information content (AvgIpc) is 2.92. The van der Waals surface area contributed by atoms with Crippen LogP contribution in [0.5, 0.6) is 0 Å². The number of nitrogens with zero attached hydrogens (tertiary/aromatic N) is 2. The van der Waals surface area contributed by atoms with Gasteiger partial charge in [0.25, 0.3) is 0 Å². The molecular formula is C17H16ClN3. The van der Waals surface area contributed by atoms with E-state index in [1.807, 2.05) is 53.2 Å². The highest BCUT2D eigenvalue weighted by atomic mass is 35.5. The van der Waals surface area contributed by atoms with Crippen LogP contribution in [-0.2, 0) is 13.1 Å². The average molecular weight is 298 g/mol. The van der Waals surface area contributed by atoms with E-state index in [1.165, 1.54) is 5.56 Å². The molecule has 21 heavy (non-hydrogen) atoms. The van der Waals surface area contributed by atoms with E-state index in [4.69, 9.17) is 17.3 Å². The number of aromatic nitrogens is 2. The van der Waals surface area contributed by atoms with Gasteiger partial charge in [-0.1, -0.05) is 60.1 Å². The van der Waals surface area contributed by atoms with Crippen molar-refractivity contribution in [3.63, 3.8) is 0 Å². The highest BCUT2D eigenvalue weighted by Gasteiger charge is 2.12. The van der Waals surface area contributed by atoms with E-state index < -0.39 is 0 Å². The fourth-order valence-corrected chi connectivity index (χ4v) is 2.57. The Morgan fingerprint density at radius 2 is 1.71 bits per heavy atom. The van der Waals surface area contributed by atoms with Gasteiger partial charge in [-0.2, -0.15) is 5.10 Å². The first-order valence-corrected chi connectivity index (χ1v) is 7.21. The van der Waals surface area contributed by atoms with Gasteiger partial charge in [-0.25, -0.2) is 0 Å². The highest BCUT2D eigenvalue weighted by molar-refractivity contribution is 6.33.